The molecule has 0 saturated heterocycles. The maximum absolute atomic E-state index is 11.3. The third kappa shape index (κ3) is 3.74. The Morgan fingerprint density at radius 3 is 2.79 bits per heavy atom. The molecule has 3 rings (SSSR count). The average molecular weight is 326 g/mol. The van der Waals surface area contributed by atoms with E-state index in [-0.39, 0.29) is 17.7 Å². The van der Waals surface area contributed by atoms with Gasteiger partial charge in [-0.05, 0) is 44.2 Å². The van der Waals surface area contributed by atoms with Crippen molar-refractivity contribution in [3.63, 3.8) is 0 Å². The lowest BCUT2D eigenvalue weighted by atomic mass is 10.1. The topological polar surface area (TPSA) is 65.7 Å². The van der Waals surface area contributed by atoms with Crippen molar-refractivity contribution in [1.82, 2.24) is 0 Å². The zero-order chi connectivity index (χ0) is 17.1. The van der Waals surface area contributed by atoms with Gasteiger partial charge in [0.1, 0.15) is 24.0 Å². The molecule has 1 aromatic carbocycles. The lowest BCUT2D eigenvalue weighted by Crippen LogP contribution is -2.08. The molecule has 1 aliphatic heterocycles. The Morgan fingerprint density at radius 2 is 2.04 bits per heavy atom. The highest BCUT2D eigenvalue weighted by molar-refractivity contribution is 5.90. The summed E-state index contributed by atoms with van der Waals surface area (Å²) in [6, 6.07) is 8.48. The smallest absolute Gasteiger partial charge is 0.336 e. The summed E-state index contributed by atoms with van der Waals surface area (Å²) in [7, 11) is 0. The second kappa shape index (κ2) is 6.74. The van der Waals surface area contributed by atoms with Gasteiger partial charge in [-0.1, -0.05) is 5.57 Å². The van der Waals surface area contributed by atoms with Crippen molar-refractivity contribution in [1.29, 1.82) is 0 Å². The van der Waals surface area contributed by atoms with Crippen LogP contribution in [0.4, 0.5) is 0 Å². The van der Waals surface area contributed by atoms with Gasteiger partial charge in [-0.3, -0.25) is 0 Å². The van der Waals surface area contributed by atoms with E-state index in [0.29, 0.717) is 29.9 Å². The summed E-state index contributed by atoms with van der Waals surface area (Å²) in [5.74, 6) is 0.380. The summed E-state index contributed by atoms with van der Waals surface area (Å²) in [6.45, 7) is 4.11. The number of hydrogen-bond acceptors (Lipinski definition) is 5. The number of carbonyl (C=O) groups is 1. The summed E-state index contributed by atoms with van der Waals surface area (Å²) >= 11 is 0. The van der Waals surface area contributed by atoms with Crippen molar-refractivity contribution in [2.24, 2.45) is 0 Å². The van der Waals surface area contributed by atoms with Crippen molar-refractivity contribution in [2.75, 3.05) is 6.61 Å². The second-order valence-corrected chi connectivity index (χ2v) is 5.81. The number of benzene rings is 1. The molecule has 1 unspecified atom stereocenters. The summed E-state index contributed by atoms with van der Waals surface area (Å²) in [6.07, 6.45) is 4.25. The predicted octanol–water partition coefficient (Wildman–Crippen LogP) is 3.38. The standard InChI is InChI=1S/C19H18O5/c1-12(9-16-10-13(2)19(21)23-16)7-8-22-15-5-3-14-4-6-18(20)24-17(14)11-15/h3-7,10-11,16H,8-9H2,1-2H3/b12-7-. The zero-order valence-electron chi connectivity index (χ0n) is 13.6. The minimum absolute atomic E-state index is 0.191. The van der Waals surface area contributed by atoms with Crippen LogP contribution in [0.1, 0.15) is 20.3 Å². The van der Waals surface area contributed by atoms with E-state index < -0.39 is 0 Å². The van der Waals surface area contributed by atoms with Crippen LogP contribution in [0.15, 0.2) is 62.8 Å². The molecule has 2 aromatic rings. The summed E-state index contributed by atoms with van der Waals surface area (Å²) in [5, 5.41) is 0.846. The first-order valence-corrected chi connectivity index (χ1v) is 7.73. The van der Waals surface area contributed by atoms with Crippen LogP contribution >= 0.6 is 0 Å². The Morgan fingerprint density at radius 1 is 1.25 bits per heavy atom. The highest BCUT2D eigenvalue weighted by Crippen LogP contribution is 2.21. The van der Waals surface area contributed by atoms with Crippen LogP contribution in [0.5, 0.6) is 5.75 Å². The summed E-state index contributed by atoms with van der Waals surface area (Å²) < 4.78 is 16.0. The number of hydrogen-bond donors (Lipinski definition) is 0. The van der Waals surface area contributed by atoms with E-state index in [2.05, 4.69) is 0 Å². The van der Waals surface area contributed by atoms with Crippen LogP contribution < -0.4 is 10.4 Å². The fourth-order valence-electron chi connectivity index (χ4n) is 2.52. The van der Waals surface area contributed by atoms with E-state index in [1.54, 1.807) is 19.1 Å². The molecule has 0 saturated carbocycles. The van der Waals surface area contributed by atoms with Gasteiger partial charge in [-0.25, -0.2) is 9.59 Å². The molecule has 124 valence electrons. The van der Waals surface area contributed by atoms with Crippen molar-refractivity contribution >= 4 is 16.9 Å². The molecule has 1 aliphatic rings. The third-order valence-corrected chi connectivity index (χ3v) is 3.82. The summed E-state index contributed by atoms with van der Waals surface area (Å²) in [4.78, 5) is 22.6. The normalized spacial score (nSPS) is 17.8. The molecule has 0 amide bonds. The first kappa shape index (κ1) is 16.1. The molecule has 0 bridgehead atoms. The Bertz CT molecular complexity index is 888. The van der Waals surface area contributed by atoms with Crippen molar-refractivity contribution in [2.45, 2.75) is 26.4 Å². The number of cyclic esters (lactones) is 1. The van der Waals surface area contributed by atoms with Crippen LogP contribution in [-0.2, 0) is 9.53 Å². The van der Waals surface area contributed by atoms with Gasteiger partial charge in [0.15, 0.2) is 0 Å². The molecule has 0 aliphatic carbocycles. The fraction of sp³-hybridized carbons (Fsp3) is 0.263. The Labute approximate surface area is 139 Å². The lowest BCUT2D eigenvalue weighted by Gasteiger charge is -2.09. The largest absolute Gasteiger partial charge is 0.489 e. The monoisotopic (exact) mass is 326 g/mol. The molecule has 0 spiro atoms. The van der Waals surface area contributed by atoms with E-state index in [4.69, 9.17) is 13.9 Å². The third-order valence-electron chi connectivity index (χ3n) is 3.82. The van der Waals surface area contributed by atoms with Crippen LogP contribution in [0.3, 0.4) is 0 Å². The molecule has 2 heterocycles. The van der Waals surface area contributed by atoms with Gasteiger partial charge in [0.2, 0.25) is 0 Å². The number of esters is 1. The van der Waals surface area contributed by atoms with Crippen LogP contribution in [-0.4, -0.2) is 18.7 Å². The molecule has 5 heteroatoms. The van der Waals surface area contributed by atoms with Crippen molar-refractivity contribution in [3.8, 4) is 5.75 Å². The first-order valence-electron chi connectivity index (χ1n) is 7.73. The Hall–Kier alpha value is -2.82. The highest BCUT2D eigenvalue weighted by Gasteiger charge is 2.21. The zero-order valence-corrected chi connectivity index (χ0v) is 13.6. The lowest BCUT2D eigenvalue weighted by molar-refractivity contribution is -0.139. The minimum Gasteiger partial charge on any atom is -0.489 e. The van der Waals surface area contributed by atoms with E-state index in [1.165, 1.54) is 6.07 Å². The van der Waals surface area contributed by atoms with Gasteiger partial charge >= 0.3 is 11.6 Å². The highest BCUT2D eigenvalue weighted by atomic mass is 16.5. The molecule has 1 aromatic heterocycles. The molecule has 0 radical (unpaired) electrons. The molecule has 5 nitrogen and oxygen atoms in total. The van der Waals surface area contributed by atoms with Crippen LogP contribution in [0.2, 0.25) is 0 Å². The van der Waals surface area contributed by atoms with Gasteiger partial charge in [0, 0.05) is 29.5 Å². The van der Waals surface area contributed by atoms with E-state index in [9.17, 15) is 9.59 Å². The van der Waals surface area contributed by atoms with Gasteiger partial charge in [0.25, 0.3) is 0 Å². The van der Waals surface area contributed by atoms with Crippen LogP contribution in [0, 0.1) is 0 Å². The molecular weight excluding hydrogens is 308 g/mol. The summed E-state index contributed by atoms with van der Waals surface area (Å²) in [5.41, 5.74) is 1.84. The van der Waals surface area contributed by atoms with Gasteiger partial charge in [0.05, 0.1) is 0 Å². The number of fused-ring (bicyclic) bond motifs is 1. The van der Waals surface area contributed by atoms with Crippen molar-refractivity contribution in [3.05, 3.63) is 64.1 Å². The second-order valence-electron chi connectivity index (χ2n) is 5.81. The number of carbonyl (C=O) groups excluding carboxylic acids is 1. The van der Waals surface area contributed by atoms with E-state index >= 15 is 0 Å². The predicted molar refractivity (Wildman–Crippen MR) is 90.0 cm³/mol. The van der Waals surface area contributed by atoms with Gasteiger partial charge in [-0.15, -0.1) is 0 Å². The molecule has 24 heavy (non-hydrogen) atoms. The molecule has 0 fully saturated rings. The fourth-order valence-corrected chi connectivity index (χ4v) is 2.52. The number of rotatable bonds is 5. The average Bonchev–Trinajstić information content (AvgIpc) is 2.84. The maximum Gasteiger partial charge on any atom is 0.336 e. The molecule has 0 N–H and O–H groups in total. The Balaban J connectivity index is 1.59. The van der Waals surface area contributed by atoms with Crippen LogP contribution in [0.25, 0.3) is 11.0 Å². The Kier molecular flexibility index (Phi) is 4.51. The SMILES string of the molecule is CC1=CC(C/C(C)=C\COc2ccc3ccc(=O)oc3c2)OC1=O. The maximum atomic E-state index is 11.3. The minimum atomic E-state index is -0.384. The first-order chi connectivity index (χ1) is 11.5. The molecule has 1 atom stereocenters. The van der Waals surface area contributed by atoms with Crippen molar-refractivity contribution < 1.29 is 18.7 Å². The van der Waals surface area contributed by atoms with E-state index in [1.807, 2.05) is 31.2 Å². The molecular formula is C19H18O5. The van der Waals surface area contributed by atoms with E-state index in [0.717, 1.165) is 11.0 Å². The van der Waals surface area contributed by atoms with Gasteiger partial charge < -0.3 is 13.9 Å². The van der Waals surface area contributed by atoms with Gasteiger partial charge in [-0.2, -0.15) is 0 Å². The number of ether oxygens (including phenoxy) is 2. The quantitative estimate of drug-likeness (QED) is 0.479.